The Bertz CT molecular complexity index is 223. The molecule has 1 heterocycles. The van der Waals surface area contributed by atoms with Crippen LogP contribution in [0.1, 0.15) is 19.8 Å². The van der Waals surface area contributed by atoms with Gasteiger partial charge in [0.15, 0.2) is 0 Å². The van der Waals surface area contributed by atoms with Gasteiger partial charge >= 0.3 is 0 Å². The van der Waals surface area contributed by atoms with E-state index in [0.29, 0.717) is 6.54 Å². The molecule has 0 amide bonds. The van der Waals surface area contributed by atoms with Crippen molar-refractivity contribution in [1.29, 1.82) is 0 Å². The van der Waals surface area contributed by atoms with Gasteiger partial charge in [-0.3, -0.25) is 0 Å². The van der Waals surface area contributed by atoms with E-state index in [1.165, 1.54) is 0 Å². The topological polar surface area (TPSA) is 50.1 Å². The van der Waals surface area contributed by atoms with E-state index in [1.54, 1.807) is 6.20 Å². The van der Waals surface area contributed by atoms with E-state index in [9.17, 15) is 5.11 Å². The van der Waals surface area contributed by atoms with Crippen molar-refractivity contribution >= 4 is 0 Å². The van der Waals surface area contributed by atoms with Crippen LogP contribution in [0.4, 0.5) is 0 Å². The van der Waals surface area contributed by atoms with Crippen molar-refractivity contribution in [3.63, 3.8) is 0 Å². The molecule has 0 bridgehead atoms. The van der Waals surface area contributed by atoms with E-state index < -0.39 is 0 Å². The molecule has 1 unspecified atom stereocenters. The van der Waals surface area contributed by atoms with E-state index in [0.717, 1.165) is 25.9 Å². The molecule has 0 radical (unpaired) electrons. The van der Waals surface area contributed by atoms with Crippen LogP contribution < -0.4 is 5.32 Å². The van der Waals surface area contributed by atoms with Gasteiger partial charge in [0.1, 0.15) is 0 Å². The van der Waals surface area contributed by atoms with Gasteiger partial charge in [0.25, 0.3) is 0 Å². The summed E-state index contributed by atoms with van der Waals surface area (Å²) >= 11 is 0. The van der Waals surface area contributed by atoms with Crippen LogP contribution in [-0.2, 0) is 6.54 Å². The standard InChI is InChI=1S/C10H19N3O/c1-2-10(14)8-11-4-3-6-13-7-5-12-9-13/h5,7,9-11,14H,2-4,6,8H2,1H3. The average molecular weight is 197 g/mol. The fourth-order valence-electron chi connectivity index (χ4n) is 1.22. The third kappa shape index (κ3) is 4.39. The predicted molar refractivity (Wildman–Crippen MR) is 56.0 cm³/mol. The van der Waals surface area contributed by atoms with E-state index >= 15 is 0 Å². The molecule has 1 aromatic rings. The molecule has 0 spiro atoms. The zero-order valence-corrected chi connectivity index (χ0v) is 8.69. The molecule has 0 fully saturated rings. The molecule has 0 saturated heterocycles. The first-order valence-corrected chi connectivity index (χ1v) is 5.17. The quantitative estimate of drug-likeness (QED) is 0.630. The van der Waals surface area contributed by atoms with Gasteiger partial charge in [-0.25, -0.2) is 4.98 Å². The number of nitrogens with zero attached hydrogens (tertiary/aromatic N) is 2. The van der Waals surface area contributed by atoms with Crippen LogP contribution in [0.25, 0.3) is 0 Å². The van der Waals surface area contributed by atoms with Crippen molar-refractivity contribution in [2.45, 2.75) is 32.4 Å². The van der Waals surface area contributed by atoms with Gasteiger partial charge in [-0.1, -0.05) is 6.92 Å². The lowest BCUT2D eigenvalue weighted by molar-refractivity contribution is 0.167. The molecule has 0 aliphatic rings. The molecule has 4 nitrogen and oxygen atoms in total. The zero-order chi connectivity index (χ0) is 10.2. The summed E-state index contributed by atoms with van der Waals surface area (Å²) in [5, 5.41) is 12.5. The minimum absolute atomic E-state index is 0.205. The van der Waals surface area contributed by atoms with Crippen LogP contribution in [-0.4, -0.2) is 33.9 Å². The van der Waals surface area contributed by atoms with Gasteiger partial charge in [0.2, 0.25) is 0 Å². The molecular formula is C10H19N3O. The average Bonchev–Trinajstić information content (AvgIpc) is 2.69. The van der Waals surface area contributed by atoms with Gasteiger partial charge < -0.3 is 15.0 Å². The first-order chi connectivity index (χ1) is 6.83. The normalized spacial score (nSPS) is 13.0. The molecule has 0 aliphatic carbocycles. The van der Waals surface area contributed by atoms with Crippen molar-refractivity contribution in [1.82, 2.24) is 14.9 Å². The van der Waals surface area contributed by atoms with Gasteiger partial charge in [-0.05, 0) is 19.4 Å². The zero-order valence-electron chi connectivity index (χ0n) is 8.69. The molecule has 80 valence electrons. The summed E-state index contributed by atoms with van der Waals surface area (Å²) in [7, 11) is 0. The second-order valence-electron chi connectivity index (χ2n) is 3.42. The number of aryl methyl sites for hydroxylation is 1. The van der Waals surface area contributed by atoms with Crippen LogP contribution in [0.3, 0.4) is 0 Å². The number of hydrogen-bond donors (Lipinski definition) is 2. The number of nitrogens with one attached hydrogen (secondary N) is 1. The van der Waals surface area contributed by atoms with Gasteiger partial charge in [0, 0.05) is 25.5 Å². The highest BCUT2D eigenvalue weighted by molar-refractivity contribution is 4.73. The Hall–Kier alpha value is -0.870. The second kappa shape index (κ2) is 6.56. The summed E-state index contributed by atoms with van der Waals surface area (Å²) in [5.41, 5.74) is 0. The predicted octanol–water partition coefficient (Wildman–Crippen LogP) is 0.634. The van der Waals surface area contributed by atoms with Crippen LogP contribution >= 0.6 is 0 Å². The third-order valence-electron chi connectivity index (χ3n) is 2.18. The number of imidazole rings is 1. The summed E-state index contributed by atoms with van der Waals surface area (Å²) < 4.78 is 2.05. The van der Waals surface area contributed by atoms with E-state index in [4.69, 9.17) is 0 Å². The van der Waals surface area contributed by atoms with Crippen molar-refractivity contribution in [2.75, 3.05) is 13.1 Å². The maximum atomic E-state index is 9.26. The van der Waals surface area contributed by atoms with Crippen molar-refractivity contribution in [3.05, 3.63) is 18.7 Å². The second-order valence-corrected chi connectivity index (χ2v) is 3.42. The Kier molecular flexibility index (Phi) is 5.25. The highest BCUT2D eigenvalue weighted by Crippen LogP contribution is 1.90. The minimum Gasteiger partial charge on any atom is -0.392 e. The summed E-state index contributed by atoms with van der Waals surface area (Å²) in [6, 6.07) is 0. The molecule has 14 heavy (non-hydrogen) atoms. The van der Waals surface area contributed by atoms with E-state index in [-0.39, 0.29) is 6.10 Å². The number of aliphatic hydroxyl groups excluding tert-OH is 1. The van der Waals surface area contributed by atoms with Crippen LogP contribution in [0, 0.1) is 0 Å². The Balaban J connectivity index is 1.95. The molecule has 0 aliphatic heterocycles. The summed E-state index contributed by atoms with van der Waals surface area (Å²) in [6.45, 7) is 4.60. The molecule has 0 saturated carbocycles. The number of aromatic nitrogens is 2. The van der Waals surface area contributed by atoms with Gasteiger partial charge in [0.05, 0.1) is 12.4 Å². The Labute approximate surface area is 85.0 Å². The number of hydrogen-bond acceptors (Lipinski definition) is 3. The van der Waals surface area contributed by atoms with Crippen LogP contribution in [0.5, 0.6) is 0 Å². The lowest BCUT2D eigenvalue weighted by Gasteiger charge is -2.09. The van der Waals surface area contributed by atoms with Crippen molar-refractivity contribution in [3.8, 4) is 0 Å². The lowest BCUT2D eigenvalue weighted by atomic mass is 10.3. The molecule has 1 rings (SSSR count). The SMILES string of the molecule is CCC(O)CNCCCn1ccnc1. The molecule has 1 aromatic heterocycles. The maximum Gasteiger partial charge on any atom is 0.0945 e. The van der Waals surface area contributed by atoms with Crippen LogP contribution in [0.15, 0.2) is 18.7 Å². The third-order valence-corrected chi connectivity index (χ3v) is 2.18. The highest BCUT2D eigenvalue weighted by Gasteiger charge is 1.98. The number of aliphatic hydroxyl groups is 1. The smallest absolute Gasteiger partial charge is 0.0945 e. The number of rotatable bonds is 7. The van der Waals surface area contributed by atoms with Gasteiger partial charge in [-0.2, -0.15) is 0 Å². The van der Waals surface area contributed by atoms with Gasteiger partial charge in [-0.15, -0.1) is 0 Å². The Morgan fingerprint density at radius 2 is 2.43 bits per heavy atom. The highest BCUT2D eigenvalue weighted by atomic mass is 16.3. The monoisotopic (exact) mass is 197 g/mol. The molecule has 0 aromatic carbocycles. The Morgan fingerprint density at radius 3 is 3.07 bits per heavy atom. The molecule has 1 atom stereocenters. The van der Waals surface area contributed by atoms with E-state index in [2.05, 4.69) is 14.9 Å². The lowest BCUT2D eigenvalue weighted by Crippen LogP contribution is -2.27. The fraction of sp³-hybridized carbons (Fsp3) is 0.700. The summed E-state index contributed by atoms with van der Waals surface area (Å²) in [5.74, 6) is 0. The largest absolute Gasteiger partial charge is 0.392 e. The maximum absolute atomic E-state index is 9.26. The molecular weight excluding hydrogens is 178 g/mol. The van der Waals surface area contributed by atoms with Crippen molar-refractivity contribution < 1.29 is 5.11 Å². The van der Waals surface area contributed by atoms with Crippen LogP contribution in [0.2, 0.25) is 0 Å². The van der Waals surface area contributed by atoms with E-state index in [1.807, 2.05) is 19.4 Å². The van der Waals surface area contributed by atoms with Crippen molar-refractivity contribution in [2.24, 2.45) is 0 Å². The minimum atomic E-state index is -0.205. The summed E-state index contributed by atoms with van der Waals surface area (Å²) in [4.78, 5) is 3.97. The molecule has 4 heteroatoms. The fourth-order valence-corrected chi connectivity index (χ4v) is 1.22. The first kappa shape index (κ1) is 11.2. The Morgan fingerprint density at radius 1 is 1.57 bits per heavy atom. The summed E-state index contributed by atoms with van der Waals surface area (Å²) in [6.07, 6.45) is 7.24. The first-order valence-electron chi connectivity index (χ1n) is 5.17. The molecule has 2 N–H and O–H groups in total.